The van der Waals surface area contributed by atoms with Crippen molar-refractivity contribution in [3.63, 3.8) is 0 Å². The highest BCUT2D eigenvalue weighted by Crippen LogP contribution is 2.38. The van der Waals surface area contributed by atoms with Crippen molar-refractivity contribution in [1.29, 1.82) is 0 Å². The Morgan fingerprint density at radius 2 is 1.89 bits per heavy atom. The van der Waals surface area contributed by atoms with Gasteiger partial charge in [-0.2, -0.15) is 0 Å². The molecule has 1 N–H and O–H groups in total. The van der Waals surface area contributed by atoms with Gasteiger partial charge in [0.15, 0.2) is 0 Å². The van der Waals surface area contributed by atoms with Gasteiger partial charge in [0.1, 0.15) is 0 Å². The fourth-order valence-corrected chi connectivity index (χ4v) is 3.63. The lowest BCUT2D eigenvalue weighted by Crippen LogP contribution is -2.39. The topological polar surface area (TPSA) is 12.0 Å². The maximum Gasteiger partial charge on any atom is 0.0208 e. The highest BCUT2D eigenvalue weighted by molar-refractivity contribution is 9.10. The van der Waals surface area contributed by atoms with E-state index in [4.69, 9.17) is 0 Å². The van der Waals surface area contributed by atoms with Crippen LogP contribution >= 0.6 is 15.9 Å². The zero-order valence-electron chi connectivity index (χ0n) is 11.7. The summed E-state index contributed by atoms with van der Waals surface area (Å²) < 4.78 is 1.15. The molecule has 0 amide bonds. The summed E-state index contributed by atoms with van der Waals surface area (Å²) in [7, 11) is 0. The first-order valence-corrected chi connectivity index (χ1v) is 7.72. The van der Waals surface area contributed by atoms with Gasteiger partial charge in [0, 0.05) is 17.1 Å². The first-order valence-electron chi connectivity index (χ1n) is 6.92. The Hall–Kier alpha value is -0.340. The third-order valence-corrected chi connectivity index (χ3v) is 4.42. The van der Waals surface area contributed by atoms with Crippen molar-refractivity contribution < 1.29 is 0 Å². The highest BCUT2D eigenvalue weighted by Gasteiger charge is 2.31. The Labute approximate surface area is 119 Å². The second-order valence-corrected chi connectivity index (χ2v) is 7.53. The molecule has 0 aromatic heterocycles. The van der Waals surface area contributed by atoms with Crippen molar-refractivity contribution in [2.24, 2.45) is 11.3 Å². The number of rotatable bonds is 3. The van der Waals surface area contributed by atoms with E-state index in [9.17, 15) is 0 Å². The molecule has 1 aliphatic rings. The highest BCUT2D eigenvalue weighted by atomic mass is 79.9. The molecule has 1 aliphatic carbocycles. The van der Waals surface area contributed by atoms with Crippen LogP contribution in [0.2, 0.25) is 0 Å². The molecule has 2 atom stereocenters. The Kier molecular flexibility index (Phi) is 4.50. The molecule has 0 aliphatic heterocycles. The van der Waals surface area contributed by atoms with Crippen LogP contribution in [-0.4, -0.2) is 6.04 Å². The van der Waals surface area contributed by atoms with Gasteiger partial charge >= 0.3 is 0 Å². The van der Waals surface area contributed by atoms with Crippen molar-refractivity contribution in [3.05, 3.63) is 34.3 Å². The van der Waals surface area contributed by atoms with Crippen molar-refractivity contribution in [2.75, 3.05) is 0 Å². The number of halogens is 1. The summed E-state index contributed by atoms with van der Waals surface area (Å²) >= 11 is 3.48. The number of nitrogens with one attached hydrogen (secondary N) is 1. The van der Waals surface area contributed by atoms with Gasteiger partial charge in [0.2, 0.25) is 0 Å². The molecule has 1 fully saturated rings. The summed E-state index contributed by atoms with van der Waals surface area (Å²) in [6.45, 7) is 8.17. The summed E-state index contributed by atoms with van der Waals surface area (Å²) in [6, 6.07) is 9.28. The van der Waals surface area contributed by atoms with Gasteiger partial charge in [0.05, 0.1) is 0 Å². The van der Waals surface area contributed by atoms with Gasteiger partial charge in [-0.15, -0.1) is 0 Å². The molecule has 1 aromatic rings. The van der Waals surface area contributed by atoms with Crippen LogP contribution in [-0.2, 0) is 6.54 Å². The van der Waals surface area contributed by atoms with Crippen LogP contribution in [0.4, 0.5) is 0 Å². The van der Waals surface area contributed by atoms with Crippen molar-refractivity contribution in [3.8, 4) is 0 Å². The molecule has 0 saturated heterocycles. The van der Waals surface area contributed by atoms with Crippen molar-refractivity contribution >= 4 is 15.9 Å². The lowest BCUT2D eigenvalue weighted by Gasteiger charge is -2.39. The molecule has 2 rings (SSSR count). The normalized spacial score (nSPS) is 27.1. The van der Waals surface area contributed by atoms with E-state index in [0.717, 1.165) is 16.9 Å². The van der Waals surface area contributed by atoms with Crippen molar-refractivity contribution in [2.45, 2.75) is 52.6 Å². The lowest BCUT2D eigenvalue weighted by molar-refractivity contribution is 0.151. The molecule has 1 saturated carbocycles. The Balaban J connectivity index is 1.88. The average Bonchev–Trinajstić information content (AvgIpc) is 2.25. The first-order chi connectivity index (χ1) is 8.44. The monoisotopic (exact) mass is 309 g/mol. The van der Waals surface area contributed by atoms with Crippen molar-refractivity contribution in [1.82, 2.24) is 5.32 Å². The molecular weight excluding hydrogens is 286 g/mol. The lowest BCUT2D eigenvalue weighted by atomic mass is 9.70. The van der Waals surface area contributed by atoms with Crippen LogP contribution in [0.3, 0.4) is 0 Å². The predicted octanol–water partition coefficient (Wildman–Crippen LogP) is 4.75. The maximum atomic E-state index is 3.73. The van der Waals surface area contributed by atoms with Crippen LogP contribution in [0.1, 0.15) is 45.6 Å². The Bertz CT molecular complexity index is 383. The molecule has 2 heteroatoms. The number of hydrogen-bond donors (Lipinski definition) is 1. The molecule has 1 aromatic carbocycles. The number of benzene rings is 1. The number of hydrogen-bond acceptors (Lipinski definition) is 1. The van der Waals surface area contributed by atoms with Crippen LogP contribution in [0, 0.1) is 11.3 Å². The van der Waals surface area contributed by atoms with Crippen LogP contribution in [0.25, 0.3) is 0 Å². The minimum absolute atomic E-state index is 0.495. The van der Waals surface area contributed by atoms with E-state index in [1.54, 1.807) is 0 Å². The van der Waals surface area contributed by atoms with E-state index in [0.29, 0.717) is 11.5 Å². The molecule has 1 nitrogen and oxygen atoms in total. The Morgan fingerprint density at radius 1 is 1.22 bits per heavy atom. The third kappa shape index (κ3) is 4.10. The Morgan fingerprint density at radius 3 is 2.50 bits per heavy atom. The molecule has 100 valence electrons. The van der Waals surface area contributed by atoms with E-state index in [1.807, 2.05) is 0 Å². The zero-order chi connectivity index (χ0) is 13.2. The van der Waals surface area contributed by atoms with E-state index >= 15 is 0 Å². The quantitative estimate of drug-likeness (QED) is 0.849. The van der Waals surface area contributed by atoms with Gasteiger partial charge < -0.3 is 5.32 Å². The van der Waals surface area contributed by atoms with Crippen LogP contribution < -0.4 is 5.32 Å². The fourth-order valence-electron chi connectivity index (χ4n) is 3.37. The molecule has 2 unspecified atom stereocenters. The predicted molar refractivity (Wildman–Crippen MR) is 81.6 cm³/mol. The summed E-state index contributed by atoms with van der Waals surface area (Å²) in [4.78, 5) is 0. The molecule has 0 bridgehead atoms. The standard InChI is InChI=1S/C16H24BrN/c1-12-8-15(10-16(2,3)9-12)18-11-13-4-6-14(17)7-5-13/h4-7,12,15,18H,8-11H2,1-3H3. The van der Waals surface area contributed by atoms with E-state index in [2.05, 4.69) is 66.3 Å². The molecular formula is C16H24BrN. The summed E-state index contributed by atoms with van der Waals surface area (Å²) in [5.74, 6) is 0.844. The van der Waals surface area contributed by atoms with E-state index < -0.39 is 0 Å². The third-order valence-electron chi connectivity index (χ3n) is 3.90. The molecule has 0 heterocycles. The van der Waals surface area contributed by atoms with Gasteiger partial charge in [-0.25, -0.2) is 0 Å². The summed E-state index contributed by atoms with van der Waals surface area (Å²) in [5, 5.41) is 3.73. The molecule has 0 radical (unpaired) electrons. The van der Waals surface area contributed by atoms with Crippen LogP contribution in [0.5, 0.6) is 0 Å². The smallest absolute Gasteiger partial charge is 0.0208 e. The summed E-state index contributed by atoms with van der Waals surface area (Å²) in [6.07, 6.45) is 3.98. The largest absolute Gasteiger partial charge is 0.310 e. The second-order valence-electron chi connectivity index (χ2n) is 6.62. The van der Waals surface area contributed by atoms with Gasteiger partial charge in [0.25, 0.3) is 0 Å². The maximum absolute atomic E-state index is 3.73. The first kappa shape index (κ1) is 14.1. The minimum atomic E-state index is 0.495. The van der Waals surface area contributed by atoms with E-state index in [-0.39, 0.29) is 0 Å². The second kappa shape index (κ2) is 5.75. The molecule has 18 heavy (non-hydrogen) atoms. The van der Waals surface area contributed by atoms with Gasteiger partial charge in [-0.1, -0.05) is 48.8 Å². The average molecular weight is 310 g/mol. The van der Waals surface area contributed by atoms with E-state index in [1.165, 1.54) is 24.8 Å². The molecule has 0 spiro atoms. The van der Waals surface area contributed by atoms with Gasteiger partial charge in [-0.05, 0) is 48.3 Å². The fraction of sp³-hybridized carbons (Fsp3) is 0.625. The zero-order valence-corrected chi connectivity index (χ0v) is 13.3. The SMILES string of the molecule is CC1CC(NCc2ccc(Br)cc2)CC(C)(C)C1. The summed E-state index contributed by atoms with van der Waals surface area (Å²) in [5.41, 5.74) is 1.86. The van der Waals surface area contributed by atoms with Crippen LogP contribution in [0.15, 0.2) is 28.7 Å². The minimum Gasteiger partial charge on any atom is -0.310 e. The van der Waals surface area contributed by atoms with Gasteiger partial charge in [-0.3, -0.25) is 0 Å².